The Morgan fingerprint density at radius 1 is 0.818 bits per heavy atom. The molecule has 0 aromatic heterocycles. The molecular formula is C25H18N2O4S2. The van der Waals surface area contributed by atoms with Crippen LogP contribution in [0.1, 0.15) is 5.56 Å². The molecule has 8 heteroatoms. The molecule has 0 saturated carbocycles. The van der Waals surface area contributed by atoms with Crippen molar-refractivity contribution >= 4 is 36.3 Å². The lowest BCUT2D eigenvalue weighted by Gasteiger charge is -2.30. The molecule has 4 aromatic rings. The fourth-order valence-electron chi connectivity index (χ4n) is 4.03. The molecule has 33 heavy (non-hydrogen) atoms. The zero-order valence-electron chi connectivity index (χ0n) is 17.3. The Balaban J connectivity index is 1.65. The van der Waals surface area contributed by atoms with Crippen molar-refractivity contribution in [1.29, 1.82) is 5.26 Å². The molecule has 0 fully saturated rings. The molecule has 0 atom stereocenters. The molecule has 5 rings (SSSR count). The zero-order chi connectivity index (χ0) is 23.2. The van der Waals surface area contributed by atoms with Gasteiger partial charge in [-0.1, -0.05) is 48.5 Å². The Kier molecular flexibility index (Phi) is 4.96. The van der Waals surface area contributed by atoms with E-state index in [0.717, 1.165) is 16.3 Å². The summed E-state index contributed by atoms with van der Waals surface area (Å²) in [7, 11) is -7.61. The zero-order valence-corrected chi connectivity index (χ0v) is 19.0. The highest BCUT2D eigenvalue weighted by Crippen LogP contribution is 2.38. The summed E-state index contributed by atoms with van der Waals surface area (Å²) < 4.78 is 53.9. The second-order valence-electron chi connectivity index (χ2n) is 7.78. The topological polar surface area (TPSA) is 95.3 Å². The minimum Gasteiger partial charge on any atom is -0.264 e. The summed E-state index contributed by atoms with van der Waals surface area (Å²) in [5.74, 6) is -0.289. The van der Waals surface area contributed by atoms with Crippen LogP contribution in [-0.2, 0) is 19.9 Å². The number of fused-ring (bicyclic) bond motifs is 2. The lowest BCUT2D eigenvalue weighted by atomic mass is 10.0. The Bertz CT molecular complexity index is 1650. The van der Waals surface area contributed by atoms with E-state index in [1.54, 1.807) is 54.6 Å². The molecule has 1 aliphatic heterocycles. The van der Waals surface area contributed by atoms with E-state index in [9.17, 15) is 16.8 Å². The summed E-state index contributed by atoms with van der Waals surface area (Å²) in [6.07, 6.45) is 0. The first-order chi connectivity index (χ1) is 15.8. The Morgan fingerprint density at radius 3 is 2.24 bits per heavy atom. The summed E-state index contributed by atoms with van der Waals surface area (Å²) in [6.45, 7) is -0.165. The van der Waals surface area contributed by atoms with Crippen molar-refractivity contribution in [2.45, 2.75) is 9.79 Å². The molecule has 0 N–H and O–H groups in total. The van der Waals surface area contributed by atoms with Gasteiger partial charge < -0.3 is 0 Å². The summed E-state index contributed by atoms with van der Waals surface area (Å²) in [5, 5.41) is 10.7. The molecule has 0 unspecified atom stereocenters. The molecule has 0 saturated heterocycles. The third-order valence-electron chi connectivity index (χ3n) is 5.78. The number of benzene rings is 4. The van der Waals surface area contributed by atoms with Gasteiger partial charge in [-0.3, -0.25) is 4.31 Å². The number of rotatable bonds is 3. The Morgan fingerprint density at radius 2 is 1.52 bits per heavy atom. The summed E-state index contributed by atoms with van der Waals surface area (Å²) in [5.41, 5.74) is 2.05. The molecule has 0 amide bonds. The number of hydrogen-bond donors (Lipinski definition) is 0. The maximum Gasteiger partial charge on any atom is 0.264 e. The first kappa shape index (κ1) is 21.2. The average molecular weight is 475 g/mol. The predicted octanol–water partition coefficient (Wildman–Crippen LogP) is 4.36. The van der Waals surface area contributed by atoms with Crippen molar-refractivity contribution in [2.75, 3.05) is 16.6 Å². The van der Waals surface area contributed by atoms with Crippen LogP contribution in [0.5, 0.6) is 0 Å². The van der Waals surface area contributed by atoms with E-state index in [-0.39, 0.29) is 27.8 Å². The van der Waals surface area contributed by atoms with Crippen molar-refractivity contribution < 1.29 is 16.8 Å². The van der Waals surface area contributed by atoms with E-state index in [0.29, 0.717) is 11.1 Å². The number of hydrogen-bond acceptors (Lipinski definition) is 5. The summed E-state index contributed by atoms with van der Waals surface area (Å²) >= 11 is 0. The molecule has 0 bridgehead atoms. The third kappa shape index (κ3) is 3.65. The standard InChI is InChI=1S/C25H18N2O4S2/c26-17-18-5-7-20(8-6-18)22-10-12-25-24(16-22)27(13-14-32(25,28)29)33(30,31)23-11-9-19-3-1-2-4-21(19)15-23/h1-12,15-16H,13-14H2. The van der Waals surface area contributed by atoms with Crippen LogP contribution >= 0.6 is 0 Å². The Labute approximate surface area is 192 Å². The number of sulfone groups is 1. The van der Waals surface area contributed by atoms with Gasteiger partial charge in [0.1, 0.15) is 0 Å². The molecule has 6 nitrogen and oxygen atoms in total. The van der Waals surface area contributed by atoms with E-state index in [1.807, 2.05) is 24.3 Å². The molecule has 1 aliphatic rings. The van der Waals surface area contributed by atoms with Gasteiger partial charge in [-0.25, -0.2) is 16.8 Å². The maximum atomic E-state index is 13.6. The Hall–Kier alpha value is -3.67. The van der Waals surface area contributed by atoms with Gasteiger partial charge in [0.2, 0.25) is 0 Å². The van der Waals surface area contributed by atoms with E-state index in [2.05, 4.69) is 6.07 Å². The van der Waals surface area contributed by atoms with Crippen molar-refractivity contribution in [1.82, 2.24) is 0 Å². The highest BCUT2D eigenvalue weighted by molar-refractivity contribution is 7.94. The lowest BCUT2D eigenvalue weighted by molar-refractivity contribution is 0.584. The average Bonchev–Trinajstić information content (AvgIpc) is 2.83. The molecular weight excluding hydrogens is 456 g/mol. The fraction of sp³-hybridized carbons (Fsp3) is 0.0800. The largest absolute Gasteiger partial charge is 0.264 e. The van der Waals surface area contributed by atoms with Crippen molar-refractivity contribution in [3.63, 3.8) is 0 Å². The van der Waals surface area contributed by atoms with E-state index in [1.165, 1.54) is 10.4 Å². The quantitative estimate of drug-likeness (QED) is 0.440. The molecule has 1 heterocycles. The highest BCUT2D eigenvalue weighted by atomic mass is 32.2. The van der Waals surface area contributed by atoms with Gasteiger partial charge in [0, 0.05) is 6.54 Å². The van der Waals surface area contributed by atoms with Crippen LogP contribution < -0.4 is 4.31 Å². The van der Waals surface area contributed by atoms with Gasteiger partial charge >= 0.3 is 0 Å². The van der Waals surface area contributed by atoms with Crippen LogP contribution in [-0.4, -0.2) is 29.1 Å². The predicted molar refractivity (Wildman–Crippen MR) is 127 cm³/mol. The molecule has 0 aliphatic carbocycles. The summed E-state index contributed by atoms with van der Waals surface area (Å²) in [4.78, 5) is 0.103. The van der Waals surface area contributed by atoms with Gasteiger partial charge in [-0.2, -0.15) is 5.26 Å². The van der Waals surface area contributed by atoms with Crippen molar-refractivity contribution in [3.05, 3.63) is 90.5 Å². The molecule has 164 valence electrons. The van der Waals surface area contributed by atoms with Crippen LogP contribution in [0.25, 0.3) is 21.9 Å². The van der Waals surface area contributed by atoms with Gasteiger partial charge in [-0.05, 0) is 58.3 Å². The van der Waals surface area contributed by atoms with E-state index >= 15 is 0 Å². The van der Waals surface area contributed by atoms with Crippen LogP contribution in [0.2, 0.25) is 0 Å². The summed E-state index contributed by atoms with van der Waals surface area (Å²) in [6, 6.07) is 25.9. The van der Waals surface area contributed by atoms with Crippen molar-refractivity contribution in [2.24, 2.45) is 0 Å². The minimum atomic E-state index is -4.00. The van der Waals surface area contributed by atoms with E-state index < -0.39 is 19.9 Å². The number of nitriles is 1. The van der Waals surface area contributed by atoms with E-state index in [4.69, 9.17) is 5.26 Å². The smallest absolute Gasteiger partial charge is 0.264 e. The van der Waals surface area contributed by atoms with Crippen molar-refractivity contribution in [3.8, 4) is 17.2 Å². The van der Waals surface area contributed by atoms with Gasteiger partial charge in [0.25, 0.3) is 10.0 Å². The number of nitrogens with zero attached hydrogens (tertiary/aromatic N) is 2. The van der Waals surface area contributed by atoms with Crippen LogP contribution in [0.3, 0.4) is 0 Å². The number of anilines is 1. The number of sulfonamides is 1. The van der Waals surface area contributed by atoms with Crippen LogP contribution in [0.4, 0.5) is 5.69 Å². The molecule has 0 spiro atoms. The van der Waals surface area contributed by atoms with Gasteiger partial charge in [0.05, 0.1) is 32.9 Å². The second-order valence-corrected chi connectivity index (χ2v) is 11.7. The molecule has 0 radical (unpaired) electrons. The SMILES string of the molecule is N#Cc1ccc(-c2ccc3c(c2)N(S(=O)(=O)c2ccc4ccccc4c2)CCS3(=O)=O)cc1. The maximum absolute atomic E-state index is 13.6. The first-order valence-corrected chi connectivity index (χ1v) is 13.3. The highest BCUT2D eigenvalue weighted by Gasteiger charge is 2.36. The van der Waals surface area contributed by atoms with Gasteiger partial charge in [0.15, 0.2) is 9.84 Å². The lowest BCUT2D eigenvalue weighted by Crippen LogP contribution is -2.39. The van der Waals surface area contributed by atoms with Gasteiger partial charge in [-0.15, -0.1) is 0 Å². The van der Waals surface area contributed by atoms with Crippen LogP contribution in [0, 0.1) is 11.3 Å². The minimum absolute atomic E-state index is 0.00416. The molecule has 4 aromatic carbocycles. The monoisotopic (exact) mass is 474 g/mol. The normalized spacial score (nSPS) is 15.1. The third-order valence-corrected chi connectivity index (χ3v) is 9.33. The van der Waals surface area contributed by atoms with Crippen LogP contribution in [0.15, 0.2) is 94.7 Å². The first-order valence-electron chi connectivity index (χ1n) is 10.2. The second kappa shape index (κ2) is 7.73. The fourth-order valence-corrected chi connectivity index (χ4v) is 7.12.